The van der Waals surface area contributed by atoms with E-state index in [9.17, 15) is 14.0 Å². The molecule has 0 aromatic heterocycles. The van der Waals surface area contributed by atoms with Crippen LogP contribution in [0.2, 0.25) is 0 Å². The highest BCUT2D eigenvalue weighted by molar-refractivity contribution is 9.10. The fraction of sp³-hybridized carbons (Fsp3) is 0.385. The van der Waals surface area contributed by atoms with E-state index in [1.54, 1.807) is 0 Å². The van der Waals surface area contributed by atoms with Gasteiger partial charge in [-0.2, -0.15) is 0 Å². The molecule has 5 nitrogen and oxygen atoms in total. The van der Waals surface area contributed by atoms with Gasteiger partial charge in [-0.05, 0) is 31.0 Å². The second kappa shape index (κ2) is 6.32. The molecule has 0 aliphatic carbocycles. The minimum atomic E-state index is -0.993. The third kappa shape index (κ3) is 3.77. The van der Waals surface area contributed by atoms with E-state index in [0.29, 0.717) is 17.3 Å². The van der Waals surface area contributed by atoms with E-state index in [2.05, 4.69) is 21.2 Å². The molecule has 2 unspecified atom stereocenters. The summed E-state index contributed by atoms with van der Waals surface area (Å²) >= 11 is 3.11. The van der Waals surface area contributed by atoms with Crippen LogP contribution in [0, 0.1) is 5.82 Å². The number of carboxylic acids is 1. The highest BCUT2D eigenvalue weighted by atomic mass is 79.9. The first-order valence-electron chi connectivity index (χ1n) is 6.08. The lowest BCUT2D eigenvalue weighted by atomic mass is 10.2. The maximum atomic E-state index is 13.2. The van der Waals surface area contributed by atoms with E-state index in [0.717, 1.165) is 6.07 Å². The maximum Gasteiger partial charge on any atom is 0.332 e. The number of hydrogen-bond acceptors (Lipinski definition) is 3. The molecule has 1 aliphatic heterocycles. The molecule has 7 heteroatoms. The molecule has 2 rings (SSSR count). The van der Waals surface area contributed by atoms with Crippen molar-refractivity contribution in [1.82, 2.24) is 5.32 Å². The summed E-state index contributed by atoms with van der Waals surface area (Å²) in [4.78, 5) is 22.6. The number of carbonyl (C=O) groups excluding carboxylic acids is 1. The predicted molar refractivity (Wildman–Crippen MR) is 72.0 cm³/mol. The average Bonchev–Trinajstić information content (AvgIpc) is 2.83. The number of benzene rings is 1. The molecule has 0 radical (unpaired) electrons. The molecule has 0 saturated carbocycles. The van der Waals surface area contributed by atoms with Gasteiger partial charge >= 0.3 is 5.97 Å². The normalized spacial score (nSPS) is 21.7. The molecule has 2 atom stereocenters. The molecule has 1 aromatic carbocycles. The van der Waals surface area contributed by atoms with Crippen molar-refractivity contribution < 1.29 is 23.8 Å². The molecule has 20 heavy (non-hydrogen) atoms. The average molecular weight is 346 g/mol. The first kappa shape index (κ1) is 14.9. The van der Waals surface area contributed by atoms with Crippen LogP contribution in [0.5, 0.6) is 0 Å². The van der Waals surface area contributed by atoms with E-state index in [-0.39, 0.29) is 18.2 Å². The first-order chi connectivity index (χ1) is 9.45. The lowest BCUT2D eigenvalue weighted by molar-refractivity contribution is -0.149. The number of nitrogens with one attached hydrogen (secondary N) is 1. The van der Waals surface area contributed by atoms with Crippen LogP contribution in [-0.4, -0.2) is 35.7 Å². The largest absolute Gasteiger partial charge is 0.479 e. The Morgan fingerprint density at radius 3 is 2.75 bits per heavy atom. The van der Waals surface area contributed by atoms with Crippen LogP contribution in [0.4, 0.5) is 4.39 Å². The van der Waals surface area contributed by atoms with Crippen molar-refractivity contribution in [3.8, 4) is 0 Å². The summed E-state index contributed by atoms with van der Waals surface area (Å²) in [6, 6.07) is 3.90. The molecular formula is C13H13BrFNO4. The predicted octanol–water partition coefficient (Wildman–Crippen LogP) is 1.95. The van der Waals surface area contributed by atoms with Crippen LogP contribution < -0.4 is 5.32 Å². The van der Waals surface area contributed by atoms with E-state index in [1.165, 1.54) is 12.1 Å². The minimum absolute atomic E-state index is 0.199. The minimum Gasteiger partial charge on any atom is -0.479 e. The Labute approximate surface area is 123 Å². The van der Waals surface area contributed by atoms with Crippen molar-refractivity contribution in [3.63, 3.8) is 0 Å². The Morgan fingerprint density at radius 1 is 1.40 bits per heavy atom. The second-order valence-corrected chi connectivity index (χ2v) is 5.45. The van der Waals surface area contributed by atoms with Gasteiger partial charge in [0.15, 0.2) is 6.10 Å². The summed E-state index contributed by atoms with van der Waals surface area (Å²) in [6.45, 7) is 0.205. The van der Waals surface area contributed by atoms with Gasteiger partial charge in [0.25, 0.3) is 5.91 Å². The lowest BCUT2D eigenvalue weighted by Crippen LogP contribution is -2.33. The maximum absolute atomic E-state index is 13.2. The van der Waals surface area contributed by atoms with Crippen molar-refractivity contribution in [2.75, 3.05) is 6.54 Å². The van der Waals surface area contributed by atoms with Crippen LogP contribution in [-0.2, 0) is 9.53 Å². The lowest BCUT2D eigenvalue weighted by Gasteiger charge is -2.12. The van der Waals surface area contributed by atoms with E-state index in [1.807, 2.05) is 0 Å². The van der Waals surface area contributed by atoms with Gasteiger partial charge in [-0.15, -0.1) is 0 Å². The van der Waals surface area contributed by atoms with Crippen molar-refractivity contribution >= 4 is 27.8 Å². The standard InChI is InChI=1S/C13H13BrFNO4/c14-8-3-7(4-9(15)5-8)12(17)16-6-10-1-2-11(20-10)13(18)19/h3-5,10-11H,1-2,6H2,(H,16,17)(H,18,19). The zero-order valence-corrected chi connectivity index (χ0v) is 12.0. The monoisotopic (exact) mass is 345 g/mol. The molecule has 2 N–H and O–H groups in total. The zero-order valence-electron chi connectivity index (χ0n) is 10.4. The molecule has 1 aromatic rings. The number of carbonyl (C=O) groups is 2. The van der Waals surface area contributed by atoms with Gasteiger partial charge in [0.2, 0.25) is 0 Å². The number of amides is 1. The number of rotatable bonds is 4. The first-order valence-corrected chi connectivity index (χ1v) is 6.87. The highest BCUT2D eigenvalue weighted by Gasteiger charge is 2.30. The van der Waals surface area contributed by atoms with Crippen LogP contribution in [0.1, 0.15) is 23.2 Å². The third-order valence-corrected chi connectivity index (χ3v) is 3.46. The Bertz CT molecular complexity index is 517. The zero-order chi connectivity index (χ0) is 14.7. The van der Waals surface area contributed by atoms with E-state index < -0.39 is 23.8 Å². The molecule has 1 amide bonds. The van der Waals surface area contributed by atoms with Gasteiger partial charge in [0.05, 0.1) is 6.10 Å². The van der Waals surface area contributed by atoms with Gasteiger partial charge < -0.3 is 15.2 Å². The van der Waals surface area contributed by atoms with Crippen LogP contribution in [0.25, 0.3) is 0 Å². The molecule has 1 aliphatic rings. The van der Waals surface area contributed by atoms with Crippen LogP contribution in [0.3, 0.4) is 0 Å². The van der Waals surface area contributed by atoms with Gasteiger partial charge in [-0.25, -0.2) is 9.18 Å². The summed E-state index contributed by atoms with van der Waals surface area (Å²) < 4.78 is 18.9. The van der Waals surface area contributed by atoms with Crippen molar-refractivity contribution in [2.45, 2.75) is 25.0 Å². The summed E-state index contributed by atoms with van der Waals surface area (Å²) in [7, 11) is 0. The highest BCUT2D eigenvalue weighted by Crippen LogP contribution is 2.19. The summed E-state index contributed by atoms with van der Waals surface area (Å²) in [5.74, 6) is -1.92. The Hall–Kier alpha value is -1.47. The van der Waals surface area contributed by atoms with Gasteiger partial charge in [0, 0.05) is 16.6 Å². The second-order valence-electron chi connectivity index (χ2n) is 4.53. The van der Waals surface area contributed by atoms with Crippen molar-refractivity contribution in [3.05, 3.63) is 34.1 Å². The van der Waals surface area contributed by atoms with E-state index in [4.69, 9.17) is 9.84 Å². The molecule has 1 heterocycles. The third-order valence-electron chi connectivity index (χ3n) is 3.00. The number of hydrogen-bond donors (Lipinski definition) is 2. The van der Waals surface area contributed by atoms with Gasteiger partial charge in [-0.3, -0.25) is 4.79 Å². The Morgan fingerprint density at radius 2 is 2.15 bits per heavy atom. The smallest absolute Gasteiger partial charge is 0.332 e. The molecule has 0 bridgehead atoms. The summed E-state index contributed by atoms with van der Waals surface area (Å²) in [5, 5.41) is 11.4. The van der Waals surface area contributed by atoms with Crippen LogP contribution >= 0.6 is 15.9 Å². The molecular weight excluding hydrogens is 333 g/mol. The number of halogens is 2. The topological polar surface area (TPSA) is 75.6 Å². The van der Waals surface area contributed by atoms with Crippen molar-refractivity contribution in [2.24, 2.45) is 0 Å². The number of aliphatic carboxylic acids is 1. The van der Waals surface area contributed by atoms with Crippen LogP contribution in [0.15, 0.2) is 22.7 Å². The quantitative estimate of drug-likeness (QED) is 0.874. The number of ether oxygens (including phenoxy) is 1. The van der Waals surface area contributed by atoms with Gasteiger partial charge in [-0.1, -0.05) is 15.9 Å². The van der Waals surface area contributed by atoms with Crippen molar-refractivity contribution in [1.29, 1.82) is 0 Å². The fourth-order valence-corrected chi connectivity index (χ4v) is 2.50. The summed E-state index contributed by atoms with van der Waals surface area (Å²) in [6.07, 6.45) is -0.122. The molecule has 1 saturated heterocycles. The number of carboxylic acid groups (broad SMARTS) is 1. The van der Waals surface area contributed by atoms with E-state index >= 15 is 0 Å². The SMILES string of the molecule is O=C(NCC1CCC(C(=O)O)O1)c1cc(F)cc(Br)c1. The molecule has 0 spiro atoms. The summed E-state index contributed by atoms with van der Waals surface area (Å²) in [5.41, 5.74) is 0.199. The Balaban J connectivity index is 1.88. The fourth-order valence-electron chi connectivity index (χ4n) is 2.03. The molecule has 1 fully saturated rings. The van der Waals surface area contributed by atoms with Gasteiger partial charge in [0.1, 0.15) is 5.82 Å². The Kier molecular flexibility index (Phi) is 4.72. The molecule has 108 valence electrons.